The van der Waals surface area contributed by atoms with Crippen molar-refractivity contribution in [2.45, 2.75) is 38.8 Å². The summed E-state index contributed by atoms with van der Waals surface area (Å²) in [4.78, 5) is 27.6. The highest BCUT2D eigenvalue weighted by atomic mass is 32.1. The molecule has 0 aliphatic heterocycles. The lowest BCUT2D eigenvalue weighted by molar-refractivity contribution is -0.127. The molecule has 0 spiro atoms. The van der Waals surface area contributed by atoms with Crippen molar-refractivity contribution < 1.29 is 9.59 Å². The molecule has 1 N–H and O–H groups in total. The van der Waals surface area contributed by atoms with Gasteiger partial charge in [-0.2, -0.15) is 0 Å². The van der Waals surface area contributed by atoms with E-state index in [-0.39, 0.29) is 29.6 Å². The first-order chi connectivity index (χ1) is 12.4. The maximum absolute atomic E-state index is 13.1. The zero-order chi connectivity index (χ0) is 19.2. The zero-order valence-corrected chi connectivity index (χ0v) is 16.1. The summed E-state index contributed by atoms with van der Waals surface area (Å²) in [5.74, 6) is -0.585. The van der Waals surface area contributed by atoms with Crippen molar-refractivity contribution in [3.05, 3.63) is 59.6 Å². The van der Waals surface area contributed by atoms with Gasteiger partial charge in [-0.25, -0.2) is 0 Å². The van der Waals surface area contributed by atoms with Crippen LogP contribution in [-0.4, -0.2) is 38.4 Å². The van der Waals surface area contributed by atoms with E-state index in [1.54, 1.807) is 11.5 Å². The van der Waals surface area contributed by atoms with E-state index < -0.39 is 6.04 Å². The second-order valence-electron chi connectivity index (χ2n) is 6.58. The van der Waals surface area contributed by atoms with E-state index in [0.717, 1.165) is 23.5 Å². The predicted octanol–water partition coefficient (Wildman–Crippen LogP) is 3.21. The lowest BCUT2D eigenvalue weighted by atomic mass is 9.98. The maximum Gasteiger partial charge on any atom is 0.276 e. The van der Waals surface area contributed by atoms with Gasteiger partial charge in [-0.3, -0.25) is 9.59 Å². The molecule has 1 atom stereocenters. The Hall–Kier alpha value is -2.54. The van der Waals surface area contributed by atoms with E-state index in [1.165, 1.54) is 4.90 Å². The minimum absolute atomic E-state index is 0.218. The number of hydrogen-bond acceptors (Lipinski definition) is 5. The molecular formula is C19H24N4O2S. The van der Waals surface area contributed by atoms with Gasteiger partial charge in [0.05, 0.1) is 0 Å². The first kappa shape index (κ1) is 19.8. The molecular weight excluding hydrogens is 348 g/mol. The molecule has 1 aromatic carbocycles. The highest BCUT2D eigenvalue weighted by Gasteiger charge is 2.34. The van der Waals surface area contributed by atoms with Crippen LogP contribution in [0, 0.1) is 0 Å². The van der Waals surface area contributed by atoms with Crippen LogP contribution in [0.5, 0.6) is 0 Å². The molecule has 2 aromatic rings. The summed E-state index contributed by atoms with van der Waals surface area (Å²) in [6.45, 7) is 9.87. The second-order valence-corrected chi connectivity index (χ2v) is 7.19. The largest absolute Gasteiger partial charge is 0.349 e. The molecule has 1 unspecified atom stereocenters. The van der Waals surface area contributed by atoms with Crippen LogP contribution < -0.4 is 5.32 Å². The Morgan fingerprint density at radius 2 is 2.04 bits per heavy atom. The van der Waals surface area contributed by atoms with Crippen LogP contribution >= 0.6 is 11.5 Å². The van der Waals surface area contributed by atoms with Crippen molar-refractivity contribution in [3.8, 4) is 0 Å². The van der Waals surface area contributed by atoms with Crippen molar-refractivity contribution in [2.24, 2.45) is 0 Å². The number of carbonyl (C=O) groups excluding carboxylic acids is 2. The molecule has 2 rings (SSSR count). The molecule has 138 valence electrons. The summed E-state index contributed by atoms with van der Waals surface area (Å²) in [5, 5.41) is 8.48. The van der Waals surface area contributed by atoms with Crippen LogP contribution in [0.4, 0.5) is 0 Å². The van der Waals surface area contributed by atoms with Crippen LogP contribution in [-0.2, 0) is 4.79 Å². The van der Waals surface area contributed by atoms with Gasteiger partial charge in [0.1, 0.15) is 6.04 Å². The van der Waals surface area contributed by atoms with Gasteiger partial charge >= 0.3 is 0 Å². The smallest absolute Gasteiger partial charge is 0.276 e. The summed E-state index contributed by atoms with van der Waals surface area (Å²) in [5.41, 5.74) is 0.575. The molecule has 0 aliphatic rings. The Balaban J connectivity index is 2.44. The molecule has 2 amide bonds. The van der Waals surface area contributed by atoms with Gasteiger partial charge < -0.3 is 10.2 Å². The molecule has 0 bridgehead atoms. The van der Waals surface area contributed by atoms with Crippen LogP contribution in [0.25, 0.3) is 0 Å². The highest BCUT2D eigenvalue weighted by molar-refractivity contribution is 7.03. The summed E-state index contributed by atoms with van der Waals surface area (Å²) in [6, 6.07) is 8.47. The van der Waals surface area contributed by atoms with Gasteiger partial charge in [0.15, 0.2) is 5.69 Å². The number of nitrogens with zero attached hydrogens (tertiary/aromatic N) is 3. The minimum atomic E-state index is -0.783. The SMILES string of the molecule is C=CCN(C(=O)c1csnn1)C(C(=O)NC(C)(C)CC)c1ccccc1. The fraction of sp³-hybridized carbons (Fsp3) is 0.368. The van der Waals surface area contributed by atoms with Gasteiger partial charge in [0.2, 0.25) is 5.91 Å². The standard InChI is InChI=1S/C19H24N4O2S/c1-5-12-23(18(25)15-13-26-22-21-15)16(14-10-8-7-9-11-14)17(24)20-19(3,4)6-2/h5,7-11,13,16H,1,6,12H2,2-4H3,(H,20,24). The first-order valence-corrected chi connectivity index (χ1v) is 9.29. The number of amides is 2. The minimum Gasteiger partial charge on any atom is -0.349 e. The van der Waals surface area contributed by atoms with Crippen LogP contribution in [0.15, 0.2) is 48.4 Å². The fourth-order valence-electron chi connectivity index (χ4n) is 2.45. The number of benzene rings is 1. The van der Waals surface area contributed by atoms with Crippen molar-refractivity contribution in [2.75, 3.05) is 6.54 Å². The Labute approximate surface area is 158 Å². The topological polar surface area (TPSA) is 75.2 Å². The molecule has 1 heterocycles. The number of carbonyl (C=O) groups is 2. The normalized spacial score (nSPS) is 12.3. The zero-order valence-electron chi connectivity index (χ0n) is 15.3. The molecule has 0 aliphatic carbocycles. The van der Waals surface area contributed by atoms with Crippen molar-refractivity contribution in [3.63, 3.8) is 0 Å². The predicted molar refractivity (Wildman–Crippen MR) is 103 cm³/mol. The summed E-state index contributed by atoms with van der Waals surface area (Å²) >= 11 is 1.10. The Morgan fingerprint density at radius 3 is 2.58 bits per heavy atom. The monoisotopic (exact) mass is 372 g/mol. The molecule has 1 aromatic heterocycles. The molecule has 0 fully saturated rings. The Kier molecular flexibility index (Phi) is 6.63. The van der Waals surface area contributed by atoms with E-state index >= 15 is 0 Å². The summed E-state index contributed by atoms with van der Waals surface area (Å²) in [7, 11) is 0. The summed E-state index contributed by atoms with van der Waals surface area (Å²) < 4.78 is 3.75. The second kappa shape index (κ2) is 8.71. The fourth-order valence-corrected chi connectivity index (χ4v) is 2.88. The molecule has 26 heavy (non-hydrogen) atoms. The van der Waals surface area contributed by atoms with Gasteiger partial charge in [0.25, 0.3) is 5.91 Å². The van der Waals surface area contributed by atoms with Crippen LogP contribution in [0.2, 0.25) is 0 Å². The van der Waals surface area contributed by atoms with Crippen molar-refractivity contribution >= 4 is 23.3 Å². The Bertz CT molecular complexity index is 744. The lowest BCUT2D eigenvalue weighted by Gasteiger charge is -2.33. The third-order valence-corrected chi connectivity index (χ3v) is 4.69. The Morgan fingerprint density at radius 1 is 1.35 bits per heavy atom. The van der Waals surface area contributed by atoms with Gasteiger partial charge in [-0.05, 0) is 37.4 Å². The van der Waals surface area contributed by atoms with Gasteiger partial charge in [0, 0.05) is 17.5 Å². The lowest BCUT2D eigenvalue weighted by Crippen LogP contribution is -2.50. The first-order valence-electron chi connectivity index (χ1n) is 8.45. The van der Waals surface area contributed by atoms with Crippen molar-refractivity contribution in [1.29, 1.82) is 0 Å². The average Bonchev–Trinajstić information content (AvgIpc) is 3.16. The van der Waals surface area contributed by atoms with Crippen LogP contribution in [0.3, 0.4) is 0 Å². The van der Waals surface area contributed by atoms with Gasteiger partial charge in [-0.1, -0.05) is 47.8 Å². The maximum atomic E-state index is 13.1. The molecule has 0 saturated carbocycles. The summed E-state index contributed by atoms with van der Waals surface area (Å²) in [6.07, 6.45) is 2.37. The number of aromatic nitrogens is 2. The third-order valence-electron chi connectivity index (χ3n) is 4.19. The van der Waals surface area contributed by atoms with Crippen molar-refractivity contribution in [1.82, 2.24) is 19.8 Å². The van der Waals surface area contributed by atoms with E-state index in [2.05, 4.69) is 21.5 Å². The van der Waals surface area contributed by atoms with E-state index in [0.29, 0.717) is 0 Å². The number of rotatable bonds is 8. The van der Waals surface area contributed by atoms with E-state index in [1.807, 2.05) is 51.1 Å². The quantitative estimate of drug-likeness (QED) is 0.722. The molecule has 0 radical (unpaired) electrons. The average molecular weight is 372 g/mol. The third kappa shape index (κ3) is 4.76. The van der Waals surface area contributed by atoms with E-state index in [4.69, 9.17) is 0 Å². The molecule has 6 nitrogen and oxygen atoms in total. The highest BCUT2D eigenvalue weighted by Crippen LogP contribution is 2.24. The van der Waals surface area contributed by atoms with Crippen LogP contribution in [0.1, 0.15) is 49.3 Å². The molecule has 0 saturated heterocycles. The number of hydrogen-bond donors (Lipinski definition) is 1. The van der Waals surface area contributed by atoms with E-state index in [9.17, 15) is 9.59 Å². The number of nitrogens with one attached hydrogen (secondary N) is 1. The van der Waals surface area contributed by atoms with Gasteiger partial charge in [-0.15, -0.1) is 11.7 Å². The molecule has 7 heteroatoms.